The highest BCUT2D eigenvalue weighted by atomic mass is 16.7. The van der Waals surface area contributed by atoms with E-state index in [0.29, 0.717) is 18.9 Å². The molecule has 0 aliphatic heterocycles. The summed E-state index contributed by atoms with van der Waals surface area (Å²) in [6.45, 7) is 7.72. The average molecular weight is 320 g/mol. The van der Waals surface area contributed by atoms with Gasteiger partial charge in [-0.2, -0.15) is 0 Å². The molecule has 0 atom stereocenters. The van der Waals surface area contributed by atoms with Crippen molar-refractivity contribution in [2.24, 2.45) is 5.73 Å². The number of nitrogens with zero attached hydrogens (tertiary/aromatic N) is 1. The maximum Gasteiger partial charge on any atom is 0.200 e. The molecule has 1 heterocycles. The first-order chi connectivity index (χ1) is 11.1. The highest BCUT2D eigenvalue weighted by Gasteiger charge is 2.13. The van der Waals surface area contributed by atoms with Gasteiger partial charge in [0.15, 0.2) is 6.29 Å². The summed E-state index contributed by atoms with van der Waals surface area (Å²) >= 11 is 0. The summed E-state index contributed by atoms with van der Waals surface area (Å²) in [5, 5.41) is 11.3. The van der Waals surface area contributed by atoms with Crippen molar-refractivity contribution >= 4 is 17.2 Å². The van der Waals surface area contributed by atoms with Gasteiger partial charge in [-0.3, -0.25) is 5.41 Å². The van der Waals surface area contributed by atoms with Crippen molar-refractivity contribution in [3.8, 4) is 0 Å². The second-order valence-electron chi connectivity index (χ2n) is 5.01. The molecule has 6 nitrogen and oxygen atoms in total. The Morgan fingerprint density at radius 2 is 2.00 bits per heavy atom. The molecule has 0 bridgehead atoms. The first kappa shape index (κ1) is 19.1. The molecule has 23 heavy (non-hydrogen) atoms. The van der Waals surface area contributed by atoms with E-state index in [1.165, 1.54) is 0 Å². The molecule has 0 radical (unpaired) electrons. The zero-order valence-corrected chi connectivity index (χ0v) is 14.3. The Morgan fingerprint density at radius 3 is 2.52 bits per heavy atom. The molecule has 1 aromatic heterocycles. The van der Waals surface area contributed by atoms with Crippen molar-refractivity contribution in [1.82, 2.24) is 4.98 Å². The van der Waals surface area contributed by atoms with Crippen LogP contribution in [0.5, 0.6) is 0 Å². The summed E-state index contributed by atoms with van der Waals surface area (Å²) in [7, 11) is 0. The number of ether oxygens (including phenoxy) is 2. The molecule has 1 rings (SSSR count). The SMILES string of the molecule is CCCCNc1ccc(/C(N)=C/C(=N)C(OCC)OCC)cn1. The third kappa shape index (κ3) is 6.80. The lowest BCUT2D eigenvalue weighted by Gasteiger charge is -2.16. The van der Waals surface area contributed by atoms with Gasteiger partial charge in [-0.25, -0.2) is 4.98 Å². The average Bonchev–Trinajstić information content (AvgIpc) is 2.55. The summed E-state index contributed by atoms with van der Waals surface area (Å²) in [4.78, 5) is 4.33. The number of nitrogens with one attached hydrogen (secondary N) is 2. The molecular formula is C17H28N4O2. The Bertz CT molecular complexity index is 494. The van der Waals surface area contributed by atoms with Crippen LogP contribution in [0.2, 0.25) is 0 Å². The second-order valence-corrected chi connectivity index (χ2v) is 5.01. The molecular weight excluding hydrogens is 292 g/mol. The maximum atomic E-state index is 8.05. The van der Waals surface area contributed by atoms with E-state index in [0.717, 1.165) is 30.8 Å². The minimum Gasteiger partial charge on any atom is -0.398 e. The van der Waals surface area contributed by atoms with Crippen LogP contribution in [0.25, 0.3) is 5.70 Å². The lowest BCUT2D eigenvalue weighted by molar-refractivity contribution is -0.0897. The lowest BCUT2D eigenvalue weighted by atomic mass is 10.1. The van der Waals surface area contributed by atoms with E-state index in [1.54, 1.807) is 12.3 Å². The van der Waals surface area contributed by atoms with Gasteiger partial charge in [-0.15, -0.1) is 0 Å². The van der Waals surface area contributed by atoms with Crippen LogP contribution in [0, 0.1) is 5.41 Å². The molecule has 0 spiro atoms. The summed E-state index contributed by atoms with van der Waals surface area (Å²) in [5.41, 5.74) is 7.47. The molecule has 0 unspecified atom stereocenters. The zero-order valence-electron chi connectivity index (χ0n) is 14.3. The maximum absolute atomic E-state index is 8.05. The number of nitrogens with two attached hydrogens (primary N) is 1. The summed E-state index contributed by atoms with van der Waals surface area (Å²) in [5.74, 6) is 0.826. The predicted octanol–water partition coefficient (Wildman–Crippen LogP) is 3.01. The molecule has 0 saturated heterocycles. The molecule has 1 aromatic rings. The first-order valence-electron chi connectivity index (χ1n) is 8.11. The van der Waals surface area contributed by atoms with Crippen LogP contribution in [-0.2, 0) is 9.47 Å². The molecule has 0 aromatic carbocycles. The van der Waals surface area contributed by atoms with Crippen molar-refractivity contribution < 1.29 is 9.47 Å². The summed E-state index contributed by atoms with van der Waals surface area (Å²) in [6.07, 6.45) is 4.82. The number of anilines is 1. The van der Waals surface area contributed by atoms with Gasteiger partial charge in [0.25, 0.3) is 0 Å². The molecule has 0 aliphatic carbocycles. The normalized spacial score (nSPS) is 11.7. The Labute approximate surface area is 138 Å². The largest absolute Gasteiger partial charge is 0.398 e. The minimum absolute atomic E-state index is 0.191. The number of hydrogen-bond donors (Lipinski definition) is 3. The molecule has 0 aliphatic rings. The fourth-order valence-electron chi connectivity index (χ4n) is 1.91. The number of hydrogen-bond acceptors (Lipinski definition) is 6. The topological polar surface area (TPSA) is 93.2 Å². The van der Waals surface area contributed by atoms with Crippen LogP contribution in [0.1, 0.15) is 39.2 Å². The molecule has 4 N–H and O–H groups in total. The van der Waals surface area contributed by atoms with Crippen molar-refractivity contribution in [2.45, 2.75) is 39.9 Å². The second kappa shape index (κ2) is 10.7. The highest BCUT2D eigenvalue weighted by molar-refractivity contribution is 6.00. The lowest BCUT2D eigenvalue weighted by Crippen LogP contribution is -2.26. The smallest absolute Gasteiger partial charge is 0.200 e. The quantitative estimate of drug-likeness (QED) is 0.331. The van der Waals surface area contributed by atoms with Crippen molar-refractivity contribution in [2.75, 3.05) is 25.1 Å². The number of unbranched alkanes of at least 4 members (excludes halogenated alkanes) is 1. The third-order valence-electron chi connectivity index (χ3n) is 3.13. The highest BCUT2D eigenvalue weighted by Crippen LogP contribution is 2.12. The van der Waals surface area contributed by atoms with Crippen LogP contribution >= 0.6 is 0 Å². The van der Waals surface area contributed by atoms with E-state index in [9.17, 15) is 0 Å². The van der Waals surface area contributed by atoms with Gasteiger partial charge in [0.05, 0.1) is 5.71 Å². The van der Waals surface area contributed by atoms with E-state index >= 15 is 0 Å². The van der Waals surface area contributed by atoms with Gasteiger partial charge in [-0.05, 0) is 38.5 Å². The van der Waals surface area contributed by atoms with E-state index in [-0.39, 0.29) is 5.71 Å². The number of pyridine rings is 1. The van der Waals surface area contributed by atoms with Gasteiger partial charge in [0.1, 0.15) is 5.82 Å². The van der Waals surface area contributed by atoms with Gasteiger partial charge in [-0.1, -0.05) is 13.3 Å². The van der Waals surface area contributed by atoms with Crippen LogP contribution in [-0.4, -0.2) is 36.7 Å². The summed E-state index contributed by atoms with van der Waals surface area (Å²) in [6, 6.07) is 3.77. The van der Waals surface area contributed by atoms with E-state index in [1.807, 2.05) is 26.0 Å². The summed E-state index contributed by atoms with van der Waals surface area (Å²) < 4.78 is 10.8. The van der Waals surface area contributed by atoms with Crippen molar-refractivity contribution in [1.29, 1.82) is 5.41 Å². The fourth-order valence-corrected chi connectivity index (χ4v) is 1.91. The van der Waals surface area contributed by atoms with Gasteiger partial charge >= 0.3 is 0 Å². The Hall–Kier alpha value is -1.92. The van der Waals surface area contributed by atoms with Crippen LogP contribution < -0.4 is 11.1 Å². The number of aromatic nitrogens is 1. The van der Waals surface area contributed by atoms with Crippen LogP contribution in [0.15, 0.2) is 24.4 Å². The monoisotopic (exact) mass is 320 g/mol. The molecule has 128 valence electrons. The Morgan fingerprint density at radius 1 is 1.30 bits per heavy atom. The van der Waals surface area contributed by atoms with Crippen molar-refractivity contribution in [3.63, 3.8) is 0 Å². The molecule has 0 amide bonds. The third-order valence-corrected chi connectivity index (χ3v) is 3.13. The molecule has 0 saturated carbocycles. The number of rotatable bonds is 11. The van der Waals surface area contributed by atoms with E-state index in [2.05, 4.69) is 17.2 Å². The molecule has 6 heteroatoms. The minimum atomic E-state index is -0.688. The first-order valence-corrected chi connectivity index (χ1v) is 8.11. The molecule has 0 fully saturated rings. The van der Waals surface area contributed by atoms with E-state index in [4.69, 9.17) is 20.6 Å². The predicted molar refractivity (Wildman–Crippen MR) is 94.6 cm³/mol. The van der Waals surface area contributed by atoms with Gasteiger partial charge < -0.3 is 20.5 Å². The van der Waals surface area contributed by atoms with Crippen LogP contribution in [0.4, 0.5) is 5.82 Å². The Kier molecular flexibility index (Phi) is 8.94. The van der Waals surface area contributed by atoms with Gasteiger partial charge in [0.2, 0.25) is 0 Å². The Balaban J connectivity index is 2.70. The fraction of sp³-hybridized carbons (Fsp3) is 0.529. The van der Waals surface area contributed by atoms with Gasteiger partial charge in [0, 0.05) is 37.2 Å². The standard InChI is InChI=1S/C17H28N4O2/c1-4-7-10-20-16-9-8-13(12-21-16)14(18)11-15(19)17(22-5-2)23-6-3/h8-9,11-12,17,19H,4-7,10,18H2,1-3H3,(H,20,21)/b14-11-,19-15?. The van der Waals surface area contributed by atoms with Crippen molar-refractivity contribution in [3.05, 3.63) is 30.0 Å². The zero-order chi connectivity index (χ0) is 17.1. The van der Waals surface area contributed by atoms with E-state index < -0.39 is 6.29 Å². The van der Waals surface area contributed by atoms with Crippen LogP contribution in [0.3, 0.4) is 0 Å².